The van der Waals surface area contributed by atoms with E-state index >= 15 is 0 Å². The maximum absolute atomic E-state index is 12.4. The number of benzene rings is 2. The van der Waals surface area contributed by atoms with Crippen LogP contribution in [0.2, 0.25) is 0 Å². The number of nitro groups is 1. The molecule has 2 heterocycles. The Kier molecular flexibility index (Phi) is 4.02. The second-order valence-corrected chi connectivity index (χ2v) is 5.78. The Morgan fingerprint density at radius 3 is 3.00 bits per heavy atom. The first-order chi connectivity index (χ1) is 12.6. The molecule has 132 valence electrons. The van der Waals surface area contributed by atoms with Gasteiger partial charge >= 0.3 is 5.97 Å². The fourth-order valence-electron chi connectivity index (χ4n) is 2.95. The van der Waals surface area contributed by atoms with Gasteiger partial charge in [-0.05, 0) is 6.07 Å². The molecule has 1 aliphatic rings. The van der Waals surface area contributed by atoms with E-state index in [2.05, 4.69) is 4.98 Å². The molecule has 0 aliphatic carbocycles. The molecule has 0 amide bonds. The van der Waals surface area contributed by atoms with Crippen LogP contribution in [0.5, 0.6) is 5.75 Å². The lowest BCUT2D eigenvalue weighted by molar-refractivity contribution is -0.385. The number of aromatic nitrogens is 1. The molecule has 26 heavy (non-hydrogen) atoms. The van der Waals surface area contributed by atoms with Gasteiger partial charge in [0.2, 0.25) is 0 Å². The minimum absolute atomic E-state index is 0.0498. The van der Waals surface area contributed by atoms with E-state index < -0.39 is 10.9 Å². The van der Waals surface area contributed by atoms with Crippen LogP contribution in [-0.4, -0.2) is 22.7 Å². The van der Waals surface area contributed by atoms with Crippen LogP contribution < -0.4 is 4.74 Å². The van der Waals surface area contributed by atoms with Gasteiger partial charge in [-0.3, -0.25) is 10.1 Å². The summed E-state index contributed by atoms with van der Waals surface area (Å²) < 4.78 is 16.0. The normalized spacial score (nSPS) is 13.1. The van der Waals surface area contributed by atoms with Crippen molar-refractivity contribution in [2.24, 2.45) is 0 Å². The summed E-state index contributed by atoms with van der Waals surface area (Å²) in [6.45, 7) is 0.122. The highest BCUT2D eigenvalue weighted by atomic mass is 16.7. The number of H-pyrrole nitrogens is 1. The fourth-order valence-corrected chi connectivity index (χ4v) is 2.95. The summed E-state index contributed by atoms with van der Waals surface area (Å²) in [5.74, 6) is -0.0525. The number of hydrogen-bond acceptors (Lipinski definition) is 6. The zero-order chi connectivity index (χ0) is 18.1. The first-order valence-electron chi connectivity index (χ1n) is 7.87. The summed E-state index contributed by atoms with van der Waals surface area (Å²) in [6, 6.07) is 10.1. The van der Waals surface area contributed by atoms with Crippen molar-refractivity contribution in [2.45, 2.75) is 13.2 Å². The van der Waals surface area contributed by atoms with E-state index in [9.17, 15) is 14.9 Å². The number of hydrogen-bond donors (Lipinski definition) is 1. The molecule has 0 saturated carbocycles. The van der Waals surface area contributed by atoms with Gasteiger partial charge in [0.05, 0.1) is 17.1 Å². The monoisotopic (exact) mass is 354 g/mol. The average molecular weight is 354 g/mol. The molecule has 3 aromatic rings. The molecular weight excluding hydrogens is 340 g/mol. The number of nitro benzene ring substituents is 1. The lowest BCUT2D eigenvalue weighted by Crippen LogP contribution is -2.15. The predicted octanol–water partition coefficient (Wildman–Crippen LogP) is 3.30. The van der Waals surface area contributed by atoms with Crippen molar-refractivity contribution in [3.8, 4) is 5.75 Å². The molecule has 1 N–H and O–H groups in total. The molecular formula is C18H14N2O6. The lowest BCUT2D eigenvalue weighted by Gasteiger charge is -2.20. The van der Waals surface area contributed by atoms with Crippen molar-refractivity contribution in [1.82, 2.24) is 4.98 Å². The standard InChI is InChI=1S/C18H14N2O6/c21-18(15-7-19-16-4-2-1-3-14(15)16)25-9-12-6-13(20(22)23)5-11-8-24-10-26-17(11)12/h1-7,19H,8-10H2. The van der Waals surface area contributed by atoms with E-state index in [1.807, 2.05) is 24.3 Å². The smallest absolute Gasteiger partial charge is 0.340 e. The van der Waals surface area contributed by atoms with Crippen LogP contribution in [0.3, 0.4) is 0 Å². The molecule has 0 saturated heterocycles. The summed E-state index contributed by atoms with van der Waals surface area (Å²) in [7, 11) is 0. The molecule has 4 rings (SSSR count). The SMILES string of the molecule is O=C(OCc1cc([N+](=O)[O-])cc2c1OCOC2)c1c[nH]c2ccccc12. The van der Waals surface area contributed by atoms with Gasteiger partial charge in [-0.1, -0.05) is 18.2 Å². The highest BCUT2D eigenvalue weighted by Gasteiger charge is 2.22. The Labute approximate surface area is 147 Å². The Hall–Kier alpha value is -3.39. The van der Waals surface area contributed by atoms with Gasteiger partial charge in [0.1, 0.15) is 12.4 Å². The quantitative estimate of drug-likeness (QED) is 0.438. The summed E-state index contributed by atoms with van der Waals surface area (Å²) >= 11 is 0. The third-order valence-electron chi connectivity index (χ3n) is 4.15. The Bertz CT molecular complexity index is 1010. The molecule has 0 atom stereocenters. The summed E-state index contributed by atoms with van der Waals surface area (Å²) in [6.07, 6.45) is 1.58. The highest BCUT2D eigenvalue weighted by Crippen LogP contribution is 2.33. The van der Waals surface area contributed by atoms with Gasteiger partial charge in [0, 0.05) is 40.4 Å². The van der Waals surface area contributed by atoms with Gasteiger partial charge < -0.3 is 19.2 Å². The molecule has 0 unspecified atom stereocenters. The second kappa shape index (κ2) is 6.49. The number of fused-ring (bicyclic) bond motifs is 2. The lowest BCUT2D eigenvalue weighted by atomic mass is 10.1. The van der Waals surface area contributed by atoms with Crippen molar-refractivity contribution in [3.63, 3.8) is 0 Å². The average Bonchev–Trinajstić information content (AvgIpc) is 3.09. The summed E-state index contributed by atoms with van der Waals surface area (Å²) in [5.41, 5.74) is 2.13. The number of non-ortho nitro benzene ring substituents is 1. The van der Waals surface area contributed by atoms with E-state index in [1.165, 1.54) is 12.1 Å². The Morgan fingerprint density at radius 1 is 1.31 bits per heavy atom. The van der Waals surface area contributed by atoms with Crippen LogP contribution in [0.4, 0.5) is 5.69 Å². The van der Waals surface area contributed by atoms with Crippen LogP contribution in [-0.2, 0) is 22.7 Å². The van der Waals surface area contributed by atoms with Gasteiger partial charge in [-0.25, -0.2) is 4.79 Å². The molecule has 0 fully saturated rings. The van der Waals surface area contributed by atoms with Gasteiger partial charge in [-0.2, -0.15) is 0 Å². The van der Waals surface area contributed by atoms with Gasteiger partial charge in [0.15, 0.2) is 6.79 Å². The van der Waals surface area contributed by atoms with E-state index in [-0.39, 0.29) is 25.7 Å². The topological polar surface area (TPSA) is 104 Å². The van der Waals surface area contributed by atoms with Crippen molar-refractivity contribution < 1.29 is 23.9 Å². The molecule has 0 radical (unpaired) electrons. The highest BCUT2D eigenvalue weighted by molar-refractivity contribution is 6.03. The number of carbonyl (C=O) groups excluding carboxylic acids is 1. The molecule has 1 aromatic heterocycles. The number of nitrogens with one attached hydrogen (secondary N) is 1. The van der Waals surface area contributed by atoms with Crippen LogP contribution in [0.1, 0.15) is 21.5 Å². The summed E-state index contributed by atoms with van der Waals surface area (Å²) in [4.78, 5) is 26.1. The first kappa shape index (κ1) is 16.1. The zero-order valence-electron chi connectivity index (χ0n) is 13.6. The zero-order valence-corrected chi connectivity index (χ0v) is 13.6. The van der Waals surface area contributed by atoms with Gasteiger partial charge in [-0.15, -0.1) is 0 Å². The van der Waals surface area contributed by atoms with E-state index in [0.717, 1.165) is 10.9 Å². The molecule has 0 spiro atoms. The minimum atomic E-state index is -0.519. The van der Waals surface area contributed by atoms with Crippen molar-refractivity contribution in [2.75, 3.05) is 6.79 Å². The van der Waals surface area contributed by atoms with Crippen LogP contribution in [0.15, 0.2) is 42.6 Å². The summed E-state index contributed by atoms with van der Waals surface area (Å²) in [5, 5.41) is 11.9. The van der Waals surface area contributed by atoms with Crippen molar-refractivity contribution in [3.05, 3.63) is 69.4 Å². The van der Waals surface area contributed by atoms with Crippen LogP contribution >= 0.6 is 0 Å². The number of esters is 1. The first-order valence-corrected chi connectivity index (χ1v) is 7.87. The Balaban J connectivity index is 1.60. The predicted molar refractivity (Wildman–Crippen MR) is 90.8 cm³/mol. The van der Waals surface area contributed by atoms with Crippen LogP contribution in [0, 0.1) is 10.1 Å². The molecule has 8 nitrogen and oxygen atoms in total. The van der Waals surface area contributed by atoms with E-state index in [0.29, 0.717) is 22.4 Å². The van der Waals surface area contributed by atoms with Crippen LogP contribution in [0.25, 0.3) is 10.9 Å². The number of para-hydroxylation sites is 1. The third-order valence-corrected chi connectivity index (χ3v) is 4.15. The number of aromatic amines is 1. The minimum Gasteiger partial charge on any atom is -0.467 e. The molecule has 2 aromatic carbocycles. The number of nitrogens with zero attached hydrogens (tertiary/aromatic N) is 1. The van der Waals surface area contributed by atoms with Crippen molar-refractivity contribution >= 4 is 22.6 Å². The maximum Gasteiger partial charge on any atom is 0.340 e. The Morgan fingerprint density at radius 2 is 2.15 bits per heavy atom. The molecule has 1 aliphatic heterocycles. The van der Waals surface area contributed by atoms with E-state index in [4.69, 9.17) is 14.2 Å². The number of carbonyl (C=O) groups is 1. The van der Waals surface area contributed by atoms with E-state index in [1.54, 1.807) is 6.20 Å². The molecule has 0 bridgehead atoms. The van der Waals surface area contributed by atoms with Gasteiger partial charge in [0.25, 0.3) is 5.69 Å². The van der Waals surface area contributed by atoms with Crippen molar-refractivity contribution in [1.29, 1.82) is 0 Å². The largest absolute Gasteiger partial charge is 0.467 e. The number of rotatable bonds is 4. The second-order valence-electron chi connectivity index (χ2n) is 5.78. The maximum atomic E-state index is 12.4. The molecule has 8 heteroatoms. The third kappa shape index (κ3) is 2.86. The number of ether oxygens (including phenoxy) is 3. The fraction of sp³-hybridized carbons (Fsp3) is 0.167.